The van der Waals surface area contributed by atoms with Gasteiger partial charge in [0.1, 0.15) is 19.6 Å². The average Bonchev–Trinajstić information content (AvgIpc) is 2.72. The van der Waals surface area contributed by atoms with Gasteiger partial charge in [0.05, 0.1) is 13.1 Å². The van der Waals surface area contributed by atoms with Crippen LogP contribution in [0.1, 0.15) is 13.8 Å². The van der Waals surface area contributed by atoms with E-state index in [0.717, 1.165) is 0 Å². The van der Waals surface area contributed by atoms with Crippen LogP contribution in [0.4, 0.5) is 0 Å². The Kier molecular flexibility index (Phi) is 12.5. The van der Waals surface area contributed by atoms with Crippen LogP contribution in [-0.2, 0) is 24.0 Å². The third kappa shape index (κ3) is 12.6. The summed E-state index contributed by atoms with van der Waals surface area (Å²) < 4.78 is 0. The molecule has 1 aliphatic heterocycles. The molecule has 14 nitrogen and oxygen atoms in total. The van der Waals surface area contributed by atoms with Crippen molar-refractivity contribution >= 4 is 29.8 Å². The van der Waals surface area contributed by atoms with Crippen LogP contribution < -0.4 is 0 Å². The minimum absolute atomic E-state index is 0.123. The Bertz CT molecular complexity index is 789. The number of aliphatic carboxylic acids is 4. The van der Waals surface area contributed by atoms with E-state index < -0.39 is 36.3 Å². The number of carbonyl (C=O) groups excluding carboxylic acids is 1. The molecular formula is C21H35N5O9. The number of hydrogen-bond acceptors (Lipinski definition) is 9. The molecule has 0 aromatic rings. The molecule has 0 radical (unpaired) electrons. The van der Waals surface area contributed by atoms with Gasteiger partial charge in [-0.1, -0.05) is 0 Å². The third-order valence-corrected chi connectivity index (χ3v) is 5.27. The predicted octanol–water partition coefficient (Wildman–Crippen LogP) is -1.75. The minimum Gasteiger partial charge on any atom is -0.480 e. The summed E-state index contributed by atoms with van der Waals surface area (Å²) in [5.74, 6) is -4.78. The highest BCUT2D eigenvalue weighted by molar-refractivity contribution is 5.83. The summed E-state index contributed by atoms with van der Waals surface area (Å²) in [7, 11) is 0. The molecule has 0 aromatic carbocycles. The Morgan fingerprint density at radius 2 is 1.06 bits per heavy atom. The SMILES string of the molecule is CC(C)N(CC(=O)O)C(=O)CN1CCN(CC(=O)O)/C=C\N(CC(=O)O)CCN(CC(=O)O)CC1. The fraction of sp³-hybridized carbons (Fsp3) is 0.667. The first kappa shape index (κ1) is 29.6. The highest BCUT2D eigenvalue weighted by Gasteiger charge is 2.24. The van der Waals surface area contributed by atoms with Crippen molar-refractivity contribution in [2.75, 3.05) is 72.0 Å². The van der Waals surface area contributed by atoms with Gasteiger partial charge in [-0.2, -0.15) is 0 Å². The summed E-state index contributed by atoms with van der Waals surface area (Å²) in [6.07, 6.45) is 2.92. The number of rotatable bonds is 11. The molecule has 0 fully saturated rings. The first-order valence-electron chi connectivity index (χ1n) is 11.1. The lowest BCUT2D eigenvalue weighted by atomic mass is 10.3. The molecule has 4 N–H and O–H groups in total. The van der Waals surface area contributed by atoms with Crippen LogP contribution in [0, 0.1) is 0 Å². The van der Waals surface area contributed by atoms with Crippen molar-refractivity contribution in [1.82, 2.24) is 24.5 Å². The standard InChI is InChI=1S/C21H35N5O9/c1-16(2)26(15-21(34)35)17(27)11-22-3-5-23(12-18(28)29)7-9-25(14-20(32)33)10-8-24(6-4-22)13-19(30)31/h7,9,16H,3-6,8,10-15H2,1-2H3,(H,28,29)(H,30,31)(H,32,33)(H,34,35)/b9-7-. The number of carbonyl (C=O) groups is 5. The summed E-state index contributed by atoms with van der Waals surface area (Å²) >= 11 is 0. The minimum atomic E-state index is -1.14. The lowest BCUT2D eigenvalue weighted by Gasteiger charge is -2.33. The Hall–Kier alpha value is -3.39. The van der Waals surface area contributed by atoms with Gasteiger partial charge in [0.25, 0.3) is 0 Å². The summed E-state index contributed by atoms with van der Waals surface area (Å²) in [5, 5.41) is 36.8. The normalized spacial score (nSPS) is 17.3. The van der Waals surface area contributed by atoms with Gasteiger partial charge in [0, 0.05) is 57.7 Å². The molecule has 1 rings (SSSR count). The summed E-state index contributed by atoms with van der Waals surface area (Å²) in [5.41, 5.74) is 0. The second-order valence-electron chi connectivity index (χ2n) is 8.48. The quantitative estimate of drug-likeness (QED) is 0.250. The van der Waals surface area contributed by atoms with Gasteiger partial charge in [-0.3, -0.25) is 33.8 Å². The Morgan fingerprint density at radius 1 is 0.657 bits per heavy atom. The number of amides is 1. The Labute approximate surface area is 203 Å². The van der Waals surface area contributed by atoms with Crippen molar-refractivity contribution in [3.8, 4) is 0 Å². The van der Waals surface area contributed by atoms with Crippen LogP contribution in [-0.4, -0.2) is 153 Å². The molecule has 198 valence electrons. The van der Waals surface area contributed by atoms with Crippen LogP contribution in [0.3, 0.4) is 0 Å². The summed E-state index contributed by atoms with van der Waals surface area (Å²) in [6, 6.07) is -0.346. The maximum atomic E-state index is 12.9. The van der Waals surface area contributed by atoms with Crippen LogP contribution in [0.5, 0.6) is 0 Å². The zero-order valence-corrected chi connectivity index (χ0v) is 20.1. The van der Waals surface area contributed by atoms with Crippen molar-refractivity contribution < 1.29 is 44.4 Å². The second kappa shape index (κ2) is 14.8. The fourth-order valence-electron chi connectivity index (χ4n) is 3.49. The van der Waals surface area contributed by atoms with Crippen molar-refractivity contribution in [2.45, 2.75) is 19.9 Å². The molecular weight excluding hydrogens is 466 g/mol. The first-order valence-corrected chi connectivity index (χ1v) is 11.1. The highest BCUT2D eigenvalue weighted by Crippen LogP contribution is 2.05. The van der Waals surface area contributed by atoms with E-state index in [9.17, 15) is 34.2 Å². The third-order valence-electron chi connectivity index (χ3n) is 5.27. The Morgan fingerprint density at radius 3 is 1.43 bits per heavy atom. The van der Waals surface area contributed by atoms with Gasteiger partial charge in [-0.25, -0.2) is 0 Å². The topological polar surface area (TPSA) is 182 Å². The highest BCUT2D eigenvalue weighted by atomic mass is 16.4. The number of nitrogens with zero attached hydrogens (tertiary/aromatic N) is 5. The van der Waals surface area contributed by atoms with E-state index in [0.29, 0.717) is 0 Å². The molecule has 1 heterocycles. The molecule has 0 spiro atoms. The molecule has 1 aliphatic rings. The number of carboxylic acid groups (broad SMARTS) is 4. The molecule has 0 aliphatic carbocycles. The van der Waals surface area contributed by atoms with E-state index in [1.54, 1.807) is 23.6 Å². The van der Waals surface area contributed by atoms with Crippen LogP contribution in [0.2, 0.25) is 0 Å². The van der Waals surface area contributed by atoms with E-state index in [-0.39, 0.29) is 71.5 Å². The number of carboxylic acids is 4. The van der Waals surface area contributed by atoms with E-state index in [4.69, 9.17) is 10.2 Å². The van der Waals surface area contributed by atoms with E-state index in [2.05, 4.69) is 0 Å². The lowest BCUT2D eigenvalue weighted by molar-refractivity contribution is -0.146. The summed E-state index contributed by atoms with van der Waals surface area (Å²) in [6.45, 7) is 3.22. The van der Waals surface area contributed by atoms with Gasteiger partial charge >= 0.3 is 23.9 Å². The van der Waals surface area contributed by atoms with Gasteiger partial charge < -0.3 is 35.1 Å². The summed E-state index contributed by atoms with van der Waals surface area (Å²) in [4.78, 5) is 65.4. The molecule has 0 saturated heterocycles. The molecule has 35 heavy (non-hydrogen) atoms. The van der Waals surface area contributed by atoms with Crippen molar-refractivity contribution in [3.05, 3.63) is 12.4 Å². The maximum absolute atomic E-state index is 12.9. The lowest BCUT2D eigenvalue weighted by Crippen LogP contribution is -2.49. The van der Waals surface area contributed by atoms with Crippen LogP contribution >= 0.6 is 0 Å². The fourth-order valence-corrected chi connectivity index (χ4v) is 3.49. The van der Waals surface area contributed by atoms with Gasteiger partial charge in [-0.05, 0) is 13.8 Å². The molecule has 0 unspecified atom stereocenters. The smallest absolute Gasteiger partial charge is 0.323 e. The van der Waals surface area contributed by atoms with Gasteiger partial charge in [-0.15, -0.1) is 0 Å². The van der Waals surface area contributed by atoms with Gasteiger partial charge in [0.15, 0.2) is 0 Å². The van der Waals surface area contributed by atoms with Crippen LogP contribution in [0.15, 0.2) is 12.4 Å². The molecule has 1 amide bonds. The van der Waals surface area contributed by atoms with Gasteiger partial charge in [0.2, 0.25) is 5.91 Å². The molecule has 14 heteroatoms. The van der Waals surface area contributed by atoms with Crippen LogP contribution in [0.25, 0.3) is 0 Å². The second-order valence-corrected chi connectivity index (χ2v) is 8.48. The number of hydrogen-bond donors (Lipinski definition) is 4. The van der Waals surface area contributed by atoms with E-state index in [1.165, 1.54) is 27.1 Å². The zero-order chi connectivity index (χ0) is 26.5. The van der Waals surface area contributed by atoms with Crippen molar-refractivity contribution in [1.29, 1.82) is 0 Å². The monoisotopic (exact) mass is 501 g/mol. The zero-order valence-electron chi connectivity index (χ0n) is 20.1. The molecule has 0 bridgehead atoms. The molecule has 0 aromatic heterocycles. The molecule has 0 atom stereocenters. The average molecular weight is 502 g/mol. The van der Waals surface area contributed by atoms with E-state index >= 15 is 0 Å². The Balaban J connectivity index is 3.13. The largest absolute Gasteiger partial charge is 0.480 e. The first-order chi connectivity index (χ1) is 16.4. The van der Waals surface area contributed by atoms with E-state index in [1.807, 2.05) is 0 Å². The van der Waals surface area contributed by atoms with Crippen molar-refractivity contribution in [3.63, 3.8) is 0 Å². The molecule has 0 saturated carbocycles. The predicted molar refractivity (Wildman–Crippen MR) is 123 cm³/mol. The van der Waals surface area contributed by atoms with Crippen molar-refractivity contribution in [2.24, 2.45) is 0 Å². The maximum Gasteiger partial charge on any atom is 0.323 e.